The van der Waals surface area contributed by atoms with Gasteiger partial charge in [-0.05, 0) is 61.4 Å². The van der Waals surface area contributed by atoms with Crippen molar-refractivity contribution in [2.45, 2.75) is 157 Å². The maximum absolute atomic E-state index is 13.1. The van der Waals surface area contributed by atoms with Gasteiger partial charge in [-0.3, -0.25) is 73.3 Å². The van der Waals surface area contributed by atoms with Crippen LogP contribution in [0.25, 0.3) is 0 Å². The molecular formula is C42H60N2O64S16. The van der Waals surface area contributed by atoms with Gasteiger partial charge in [0.05, 0.1) is 26.4 Å². The summed E-state index contributed by atoms with van der Waals surface area (Å²) >= 11 is 0.250. The number of thioether (sulfide) groups is 2. The lowest BCUT2D eigenvalue weighted by molar-refractivity contribution is -0.325. The van der Waals surface area contributed by atoms with E-state index in [2.05, 4.69) is 69.2 Å². The summed E-state index contributed by atoms with van der Waals surface area (Å²) in [5, 5.41) is 4.80. The predicted octanol–water partition coefficient (Wildman–Crippen LogP) is -7.16. The number of rotatable bonds is 47. The maximum atomic E-state index is 13.1. The highest BCUT2D eigenvalue weighted by molar-refractivity contribution is 8.00. The molecule has 4 fully saturated rings. The quantitative estimate of drug-likeness (QED) is 0.0216. The average Bonchev–Trinajstić information content (AvgIpc) is 0.756. The summed E-state index contributed by atoms with van der Waals surface area (Å²) in [4.78, 5) is 25.7. The smallest absolute Gasteiger partial charge is 0.356 e. The fourth-order valence-electron chi connectivity index (χ4n) is 10.7. The zero-order chi connectivity index (χ0) is 94.3. The van der Waals surface area contributed by atoms with E-state index in [0.717, 1.165) is 48.5 Å². The standard InChI is InChI=1S/C42H60N2O64S16/c45-25(43-17-5-9-19(10-6-17)109-41-37(107-123(83,84)85)31(101-117(65,66)67)27(21(95-41)13-89-111(47,48)49)97-39-35(105-121(77,78)79)33(103-119(71,72)73)29(99-115(59,60)61)23(93-39)15-91-113(53,54)55)3-1-2-4-26(46)44-18-7-11-20(12-8-18)110-42-38(108-124(86,87)88)32(102-118(68,69)70)28(22(96-42)14-90-112(50,51)52)98-40-36(106-122(80,81)82)34(104-120(74,75)76)30(100-116(62,63)64)24(94-40)16-92-114(56,57)58/h5-12,21-24,27-42H,1-4,13-16H2,(H,43,45)(H,44,46)(H,47,48,49)(H,50,51,52)(H,53,54,55)(H,56,57,58)(H,59,60,61)(H,62,63,64)(H,65,66,67)(H,68,69,70)(H,71,72,73)(H,74,75,76)(H,77,78,79)(H,80,81,82)(H,83,84,85)(H,86,87,88)/t21-,22-,23-,24-,27-,28-,29-,30-,31+,32+,33+,34+,35-,36-,37-,38-,39-,40-,41+,42+/m1/s1. The molecule has 0 radical (unpaired) electrons. The van der Waals surface area contributed by atoms with Gasteiger partial charge >= 0.3 is 146 Å². The first-order valence-electron chi connectivity index (χ1n) is 31.0. The molecule has 0 aliphatic carbocycles. The van der Waals surface area contributed by atoms with Gasteiger partial charge in [0.2, 0.25) is 11.8 Å². The minimum absolute atomic E-state index is 0.115. The van der Waals surface area contributed by atoms with Crippen molar-refractivity contribution in [2.24, 2.45) is 0 Å². The molecule has 4 saturated heterocycles. The minimum Gasteiger partial charge on any atom is -0.356 e. The van der Waals surface area contributed by atoms with Crippen LogP contribution in [0.15, 0.2) is 58.3 Å². The van der Waals surface area contributed by atoms with Crippen LogP contribution in [0.4, 0.5) is 11.4 Å². The molecule has 4 aliphatic rings. The number of carbonyl (C=O) groups excluding carboxylic acids is 2. The Labute approximate surface area is 707 Å². The number of nitrogens with one attached hydrogen (secondary N) is 2. The Morgan fingerprint density at radius 3 is 0.694 bits per heavy atom. The molecule has 718 valence electrons. The summed E-state index contributed by atoms with van der Waals surface area (Å²) in [6.07, 6.45) is -57.5. The summed E-state index contributed by atoms with van der Waals surface area (Å²) < 4.78 is 568. The number of hydrogen-bond acceptors (Lipinski definition) is 52. The number of ether oxygens (including phenoxy) is 6. The molecule has 0 unspecified atom stereocenters. The number of benzene rings is 2. The second-order valence-electron chi connectivity index (χ2n) is 23.7. The van der Waals surface area contributed by atoms with Crippen LogP contribution >= 0.6 is 23.5 Å². The molecule has 0 spiro atoms. The Kier molecular flexibility index (Phi) is 37.1. The molecule has 2 amide bonds. The molecule has 0 bridgehead atoms. The summed E-state index contributed by atoms with van der Waals surface area (Å²) in [5.41, 5.74) is -5.07. The number of anilines is 2. The zero-order valence-corrected chi connectivity index (χ0v) is 72.1. The normalized spacial score (nSPS) is 28.5. The number of amides is 2. The molecule has 82 heteroatoms. The fourth-order valence-corrected chi connectivity index (χ4v) is 19.3. The largest absolute Gasteiger partial charge is 0.397 e. The van der Waals surface area contributed by atoms with Gasteiger partial charge in [-0.15, -0.1) is 0 Å². The predicted molar refractivity (Wildman–Crippen MR) is 379 cm³/mol. The number of carbonyl (C=O) groups is 2. The van der Waals surface area contributed by atoms with Gasteiger partial charge in [0.15, 0.2) is 24.8 Å². The molecule has 2 aromatic rings. The third-order valence-corrected chi connectivity index (χ3v) is 23.3. The van der Waals surface area contributed by atoms with Crippen molar-refractivity contribution in [1.82, 2.24) is 0 Å². The van der Waals surface area contributed by atoms with E-state index < -0.39 is 318 Å². The highest BCUT2D eigenvalue weighted by Gasteiger charge is 2.62. The van der Waals surface area contributed by atoms with Crippen molar-refractivity contribution >= 4 is 192 Å². The van der Waals surface area contributed by atoms with E-state index in [-0.39, 0.29) is 57.5 Å². The van der Waals surface area contributed by atoms with E-state index in [1.807, 2.05) is 0 Å². The van der Waals surface area contributed by atoms with Crippen molar-refractivity contribution in [1.29, 1.82) is 0 Å². The van der Waals surface area contributed by atoms with Crippen LogP contribution in [0, 0.1) is 0 Å². The second-order valence-corrected chi connectivity index (χ2v) is 40.9. The Hall–Kier alpha value is -3.98. The average molecular weight is 2130 g/mol. The van der Waals surface area contributed by atoms with Crippen molar-refractivity contribution < 1.29 is 278 Å². The Balaban J connectivity index is 1.21. The van der Waals surface area contributed by atoms with Crippen LogP contribution in [0.3, 0.4) is 0 Å². The van der Waals surface area contributed by atoms with E-state index in [1.165, 1.54) is 0 Å². The van der Waals surface area contributed by atoms with E-state index in [9.17, 15) is 191 Å². The molecule has 0 saturated carbocycles. The maximum Gasteiger partial charge on any atom is 0.397 e. The Morgan fingerprint density at radius 2 is 0.468 bits per heavy atom. The first-order chi connectivity index (χ1) is 55.9. The van der Waals surface area contributed by atoms with Crippen LogP contribution in [0.2, 0.25) is 0 Å². The van der Waals surface area contributed by atoms with E-state index in [0.29, 0.717) is 0 Å². The number of unbranched alkanes of at least 4 members (excludes halogenated alkanes) is 1. The van der Waals surface area contributed by atoms with Crippen LogP contribution in [-0.2, 0) is 242 Å². The lowest BCUT2D eigenvalue weighted by Gasteiger charge is -2.48. The van der Waals surface area contributed by atoms with Gasteiger partial charge < -0.3 is 39.1 Å². The first-order valence-corrected chi connectivity index (χ1v) is 51.9. The monoisotopic (exact) mass is 2130 g/mol. The summed E-state index contributed by atoms with van der Waals surface area (Å²) in [6.45, 7) is -7.59. The molecule has 124 heavy (non-hydrogen) atoms. The van der Waals surface area contributed by atoms with Crippen LogP contribution < -0.4 is 10.6 Å². The minimum atomic E-state index is -6.29. The molecule has 4 heterocycles. The lowest BCUT2D eigenvalue weighted by atomic mass is 9.97. The highest BCUT2D eigenvalue weighted by Crippen LogP contribution is 2.44. The molecular weight excluding hydrogens is 2070 g/mol. The molecule has 6 rings (SSSR count). The van der Waals surface area contributed by atoms with Crippen LogP contribution in [0.5, 0.6) is 0 Å². The molecule has 16 N–H and O–H groups in total. The van der Waals surface area contributed by atoms with Crippen molar-refractivity contribution in [2.75, 3.05) is 37.1 Å². The molecule has 66 nitrogen and oxygen atoms in total. The topological polar surface area (TPSA) is 1000 Å². The SMILES string of the molecule is O=C(CCCCC(=O)Nc1ccc(S[C@@H]2O[C@H](COS(=O)(=O)O)[C@@H](O[C@H]3O[C@H](COS(=O)(=O)O)[C@@H](OS(=O)(=O)O)[C@H](OS(=O)(=O)O)[C@H]3OS(=O)(=O)O)[C@H](OS(=O)(=O)O)[C@H]2OS(=O)(=O)O)cc1)Nc1ccc(S[C@@H]2O[C@H](COS(=O)(=O)O)[C@@H](O[C@H]3O[C@H](COS(=O)(=O)O)[C@@H](OS(=O)(=O)O)[C@H](OS(=O)(=O)O)[C@H]3OS(=O)(=O)O)[C@H](OS(=O)(=O)O)[C@H]2OS(=O)(=O)O)cc1. The second kappa shape index (κ2) is 42.3. The summed E-state index contributed by atoms with van der Waals surface area (Å²) in [7, 11) is -85.3. The number of hydrogen-bond donors (Lipinski definition) is 16. The fraction of sp³-hybridized carbons (Fsp3) is 0.667. The zero-order valence-electron chi connectivity index (χ0n) is 59.0. The third kappa shape index (κ3) is 40.0. The lowest BCUT2D eigenvalue weighted by Crippen LogP contribution is -2.66. The third-order valence-electron chi connectivity index (χ3n) is 14.6. The van der Waals surface area contributed by atoms with Gasteiger partial charge in [-0.2, -0.15) is 118 Å². The van der Waals surface area contributed by atoms with Gasteiger partial charge in [0.1, 0.15) is 96.3 Å². The van der Waals surface area contributed by atoms with Crippen molar-refractivity contribution in [3.05, 3.63) is 48.5 Å². The molecule has 2 aromatic carbocycles. The summed E-state index contributed by atoms with van der Waals surface area (Å²) in [6, 6.07) is 8.28. The van der Waals surface area contributed by atoms with E-state index >= 15 is 0 Å². The van der Waals surface area contributed by atoms with Crippen molar-refractivity contribution in [3.63, 3.8) is 0 Å². The van der Waals surface area contributed by atoms with E-state index in [1.54, 1.807) is 0 Å². The van der Waals surface area contributed by atoms with Crippen LogP contribution in [0.1, 0.15) is 25.7 Å². The molecule has 4 aliphatic heterocycles. The molecule has 20 atom stereocenters. The van der Waals surface area contributed by atoms with Gasteiger partial charge in [-0.25, -0.2) is 58.6 Å². The van der Waals surface area contributed by atoms with Gasteiger partial charge in [0, 0.05) is 34.0 Å². The first kappa shape index (κ1) is 109. The molecule has 0 aromatic heterocycles. The van der Waals surface area contributed by atoms with Gasteiger partial charge in [0.25, 0.3) is 0 Å². The van der Waals surface area contributed by atoms with Crippen molar-refractivity contribution in [3.8, 4) is 0 Å². The van der Waals surface area contributed by atoms with E-state index in [4.69, 9.17) is 28.4 Å². The van der Waals surface area contributed by atoms with Gasteiger partial charge in [-0.1, -0.05) is 23.5 Å². The Bertz CT molecular complexity index is 5450. The Morgan fingerprint density at radius 1 is 0.266 bits per heavy atom. The summed E-state index contributed by atoms with van der Waals surface area (Å²) in [5.74, 6) is -1.62. The van der Waals surface area contributed by atoms with Crippen LogP contribution in [-0.4, -0.2) is 341 Å². The highest BCUT2D eigenvalue weighted by atomic mass is 32.3.